The Kier molecular flexibility index (Phi) is 9.36. The van der Waals surface area contributed by atoms with Crippen molar-refractivity contribution in [2.45, 2.75) is 103 Å². The predicted octanol–water partition coefficient (Wildman–Crippen LogP) is 16.6. The van der Waals surface area contributed by atoms with E-state index in [0.717, 1.165) is 28.4 Å². The lowest BCUT2D eigenvalue weighted by atomic mass is 9.55. The lowest BCUT2D eigenvalue weighted by Gasteiger charge is -2.43. The minimum absolute atomic E-state index is 0.0624. The van der Waals surface area contributed by atoms with Gasteiger partial charge in [-0.15, -0.1) is 0 Å². The number of aromatic nitrogens is 1. The highest BCUT2D eigenvalue weighted by Crippen LogP contribution is 2.51. The van der Waals surface area contributed by atoms with Crippen molar-refractivity contribution in [2.75, 3.05) is 10.2 Å². The maximum Gasteiger partial charge on any atom is 0.197 e. The fourth-order valence-electron chi connectivity index (χ4n) is 12.9. The van der Waals surface area contributed by atoms with E-state index in [0.29, 0.717) is 0 Å². The van der Waals surface area contributed by atoms with Crippen molar-refractivity contribution in [1.29, 1.82) is 0 Å². The minimum Gasteiger partial charge on any atom is -0.355 e. The molecule has 10 aromatic rings. The maximum atomic E-state index is 4.12. The van der Waals surface area contributed by atoms with Gasteiger partial charge in [0.1, 0.15) is 0 Å². The van der Waals surface area contributed by atoms with E-state index in [1.807, 2.05) is 0 Å². The molecule has 2 heterocycles. The predicted molar refractivity (Wildman–Crippen MR) is 301 cm³/mol. The van der Waals surface area contributed by atoms with E-state index in [2.05, 4.69) is 247 Å². The molecule has 0 saturated heterocycles. The highest BCUT2D eigenvalue weighted by molar-refractivity contribution is 6.74. The second kappa shape index (κ2) is 15.2. The Balaban J connectivity index is 1.15. The summed E-state index contributed by atoms with van der Waals surface area (Å²) < 4.78 is 2.65. The van der Waals surface area contributed by atoms with Gasteiger partial charge in [-0.3, -0.25) is 0 Å². The molecule has 3 aliphatic rings. The Labute approximate surface area is 414 Å². The van der Waals surface area contributed by atoms with Gasteiger partial charge in [-0.25, -0.2) is 0 Å². The van der Waals surface area contributed by atoms with Crippen LogP contribution in [0.4, 0.5) is 28.4 Å². The summed E-state index contributed by atoms with van der Waals surface area (Å²) in [6.45, 7) is 19.5. The quantitative estimate of drug-likeness (QED) is 0.168. The van der Waals surface area contributed by atoms with Crippen LogP contribution in [0.5, 0.6) is 0 Å². The van der Waals surface area contributed by atoms with Gasteiger partial charge in [-0.05, 0) is 175 Å². The molecule has 1 aliphatic heterocycles. The number of rotatable bonds is 6. The van der Waals surface area contributed by atoms with Crippen LogP contribution in [0.3, 0.4) is 0 Å². The van der Waals surface area contributed by atoms with Gasteiger partial charge in [-0.2, -0.15) is 0 Å². The fourth-order valence-corrected chi connectivity index (χ4v) is 12.9. The molecular weight excluding hydrogens is 846 g/mol. The third-order valence-corrected chi connectivity index (χ3v) is 17.1. The van der Waals surface area contributed by atoms with Crippen LogP contribution in [0.2, 0.25) is 0 Å². The molecule has 13 rings (SSSR count). The maximum absolute atomic E-state index is 4.12. The molecule has 1 aromatic heterocycles. The lowest BCUT2D eigenvalue weighted by Crippen LogP contribution is -2.41. The monoisotopic (exact) mass is 906 g/mol. The third kappa shape index (κ3) is 6.55. The van der Waals surface area contributed by atoms with Crippen molar-refractivity contribution >= 4 is 90.0 Å². The molecule has 2 aliphatic carbocycles. The van der Waals surface area contributed by atoms with Crippen LogP contribution in [-0.2, 0) is 21.7 Å². The molecule has 0 spiro atoms. The molecule has 3 nitrogen and oxygen atoms in total. The molecule has 0 atom stereocenters. The number of para-hydroxylation sites is 2. The minimum atomic E-state index is 0.0624. The molecule has 9 aromatic carbocycles. The Morgan fingerprint density at radius 2 is 1.03 bits per heavy atom. The summed E-state index contributed by atoms with van der Waals surface area (Å²) in [5.41, 5.74) is 20.5. The molecule has 70 heavy (non-hydrogen) atoms. The number of hydrogen-bond acceptors (Lipinski definition) is 2. The van der Waals surface area contributed by atoms with E-state index in [1.54, 1.807) is 0 Å². The molecule has 4 heteroatoms. The summed E-state index contributed by atoms with van der Waals surface area (Å²) in [5.74, 6) is 0. The van der Waals surface area contributed by atoms with E-state index in [-0.39, 0.29) is 21.7 Å². The first-order chi connectivity index (χ1) is 33.7. The van der Waals surface area contributed by atoms with E-state index in [4.69, 9.17) is 0 Å². The Hall–Kier alpha value is -7.04. The standard InChI is InChI=1S/C66H61BN3/c1-63(2)31-32-64(3,4)52-37-43(27-29-51(52)63)68-56-30-28-46(69(44-21-11-9-12-22-44)45-23-13-10-14-24-45)38-49(56)59-47-25-17-18-26-48(47)60-50-35-41-19-15-16-20-42(41)36-57(50)70-58-40-54-53(39-55(58)67-61(59)62(60)70)65(5,6)33-34-66(54,7)8/h9-30,35-40,68H,31-34H2,1-8H3. The zero-order chi connectivity index (χ0) is 47.9. The highest BCUT2D eigenvalue weighted by atomic mass is 15.1. The lowest BCUT2D eigenvalue weighted by molar-refractivity contribution is 0.332. The molecule has 0 amide bonds. The SMILES string of the molecule is CC1(C)CCC(C)(C)c2cc(Nc3ccc(N(c4ccccc4)c4ccccc4)cc3-c3c4c5c(c6ccccc36)c3cc6ccccc6cc3n5-c3cc5c(cc3[B]4)C(C)(C)CCC5(C)C)ccc21. The average Bonchev–Trinajstić information content (AvgIpc) is 3.69. The summed E-state index contributed by atoms with van der Waals surface area (Å²) in [5, 5.41) is 11.8. The van der Waals surface area contributed by atoms with Crippen molar-refractivity contribution in [2.24, 2.45) is 0 Å². The third-order valence-electron chi connectivity index (χ3n) is 17.1. The normalized spacial score (nSPS) is 16.9. The van der Waals surface area contributed by atoms with Crippen LogP contribution in [0.25, 0.3) is 60.2 Å². The number of anilines is 5. The van der Waals surface area contributed by atoms with Crippen molar-refractivity contribution in [1.82, 2.24) is 4.57 Å². The number of hydrogen-bond donors (Lipinski definition) is 1. The zero-order valence-electron chi connectivity index (χ0n) is 42.0. The molecular formula is C66H61BN3. The van der Waals surface area contributed by atoms with Gasteiger partial charge in [0, 0.05) is 56.0 Å². The molecule has 1 radical (unpaired) electrons. The second-order valence-corrected chi connectivity index (χ2v) is 23.4. The van der Waals surface area contributed by atoms with Crippen LogP contribution in [0, 0.1) is 0 Å². The number of fused-ring (bicyclic) bond motifs is 10. The molecule has 1 N–H and O–H groups in total. The Morgan fingerprint density at radius 3 is 1.69 bits per heavy atom. The fraction of sp³-hybridized carbons (Fsp3) is 0.242. The van der Waals surface area contributed by atoms with E-state index < -0.39 is 0 Å². The number of nitrogens with one attached hydrogen (secondary N) is 1. The van der Waals surface area contributed by atoms with E-state index in [9.17, 15) is 0 Å². The molecule has 0 bridgehead atoms. The van der Waals surface area contributed by atoms with Gasteiger partial charge in [0.25, 0.3) is 0 Å². The van der Waals surface area contributed by atoms with Gasteiger partial charge in [0.05, 0.1) is 5.52 Å². The summed E-state index contributed by atoms with van der Waals surface area (Å²) >= 11 is 0. The van der Waals surface area contributed by atoms with Gasteiger partial charge >= 0.3 is 0 Å². The molecule has 0 unspecified atom stereocenters. The number of benzene rings is 9. The van der Waals surface area contributed by atoms with Crippen LogP contribution in [0.15, 0.2) is 170 Å². The van der Waals surface area contributed by atoms with Gasteiger partial charge in [-0.1, -0.05) is 158 Å². The first-order valence-electron chi connectivity index (χ1n) is 25.6. The Bertz CT molecular complexity index is 3740. The van der Waals surface area contributed by atoms with Gasteiger partial charge in [0.2, 0.25) is 0 Å². The van der Waals surface area contributed by atoms with Crippen LogP contribution in [0.1, 0.15) is 103 Å². The summed E-state index contributed by atoms with van der Waals surface area (Å²) in [4.78, 5) is 2.40. The summed E-state index contributed by atoms with van der Waals surface area (Å²) in [7, 11) is 2.56. The van der Waals surface area contributed by atoms with Crippen LogP contribution >= 0.6 is 0 Å². The largest absolute Gasteiger partial charge is 0.355 e. The smallest absolute Gasteiger partial charge is 0.197 e. The number of nitrogens with zero attached hydrogens (tertiary/aromatic N) is 2. The molecule has 343 valence electrons. The van der Waals surface area contributed by atoms with E-state index >= 15 is 0 Å². The average molecular weight is 907 g/mol. The van der Waals surface area contributed by atoms with Crippen molar-refractivity contribution in [3.05, 3.63) is 192 Å². The van der Waals surface area contributed by atoms with Crippen molar-refractivity contribution in [3.8, 4) is 16.8 Å². The first-order valence-corrected chi connectivity index (χ1v) is 25.6. The van der Waals surface area contributed by atoms with Gasteiger partial charge < -0.3 is 14.8 Å². The van der Waals surface area contributed by atoms with Crippen molar-refractivity contribution < 1.29 is 0 Å². The van der Waals surface area contributed by atoms with Gasteiger partial charge in [0.15, 0.2) is 7.28 Å². The highest BCUT2D eigenvalue weighted by Gasteiger charge is 2.40. The van der Waals surface area contributed by atoms with Crippen LogP contribution in [-0.4, -0.2) is 11.8 Å². The second-order valence-electron chi connectivity index (χ2n) is 23.4. The first kappa shape index (κ1) is 43.0. The summed E-state index contributed by atoms with van der Waals surface area (Å²) in [6.07, 6.45) is 4.69. The molecule has 0 fully saturated rings. The summed E-state index contributed by atoms with van der Waals surface area (Å²) in [6, 6.07) is 64.1. The topological polar surface area (TPSA) is 20.2 Å². The Morgan fingerprint density at radius 1 is 0.471 bits per heavy atom. The van der Waals surface area contributed by atoms with Crippen molar-refractivity contribution in [3.63, 3.8) is 0 Å². The zero-order valence-corrected chi connectivity index (χ0v) is 42.0. The molecule has 0 saturated carbocycles. The van der Waals surface area contributed by atoms with E-state index in [1.165, 1.54) is 119 Å². The van der Waals surface area contributed by atoms with Crippen LogP contribution < -0.4 is 21.1 Å².